The summed E-state index contributed by atoms with van der Waals surface area (Å²) in [5.41, 5.74) is 3.44. The molecule has 0 radical (unpaired) electrons. The molecule has 2 aliphatic rings. The summed E-state index contributed by atoms with van der Waals surface area (Å²) in [6.07, 6.45) is 3.52. The molecule has 216 valence electrons. The van der Waals surface area contributed by atoms with Crippen LogP contribution in [-0.4, -0.2) is 36.3 Å². The lowest BCUT2D eigenvalue weighted by Crippen LogP contribution is -2.37. The Labute approximate surface area is 249 Å². The second-order valence-corrected chi connectivity index (χ2v) is 10.7. The van der Waals surface area contributed by atoms with Gasteiger partial charge in [-0.3, -0.25) is 9.59 Å². The van der Waals surface area contributed by atoms with E-state index in [2.05, 4.69) is 5.32 Å². The van der Waals surface area contributed by atoms with Gasteiger partial charge in [0.2, 0.25) is 11.8 Å². The molecule has 2 atom stereocenters. The number of carbonyl (C=O) groups is 3. The van der Waals surface area contributed by atoms with E-state index in [0.717, 1.165) is 11.1 Å². The minimum Gasteiger partial charge on any atom is -0.465 e. The van der Waals surface area contributed by atoms with Crippen LogP contribution in [0.3, 0.4) is 0 Å². The molecule has 5 rings (SSSR count). The van der Waals surface area contributed by atoms with Crippen molar-refractivity contribution in [2.45, 2.75) is 38.6 Å². The number of amides is 2. The molecular weight excluding hydrogens is 547 g/mol. The van der Waals surface area contributed by atoms with E-state index in [1.54, 1.807) is 29.2 Å². The van der Waals surface area contributed by atoms with Gasteiger partial charge >= 0.3 is 5.97 Å². The fraction of sp³-hybridized carbons (Fsp3) is 0.265. The van der Waals surface area contributed by atoms with Gasteiger partial charge in [-0.05, 0) is 72.4 Å². The zero-order valence-corrected chi connectivity index (χ0v) is 23.8. The van der Waals surface area contributed by atoms with Gasteiger partial charge in [0.25, 0.3) is 0 Å². The van der Waals surface area contributed by atoms with Crippen molar-refractivity contribution in [1.82, 2.24) is 4.90 Å². The first-order chi connectivity index (χ1) is 20.7. The Hall–Kier alpha value is -5.28. The number of halogens is 1. The Kier molecular flexibility index (Phi) is 8.36. The molecule has 0 spiro atoms. The lowest BCUT2D eigenvalue weighted by atomic mass is 9.89. The smallest absolute Gasteiger partial charge is 0.337 e. The minimum atomic E-state index is -0.801. The molecule has 0 aliphatic carbocycles. The number of hydrogen-bond donors (Lipinski definition) is 1. The number of nitrogens with one attached hydrogen (secondary N) is 1. The van der Waals surface area contributed by atoms with Crippen molar-refractivity contribution in [3.05, 3.63) is 94.3 Å². The largest absolute Gasteiger partial charge is 0.465 e. The van der Waals surface area contributed by atoms with Gasteiger partial charge in [0, 0.05) is 35.4 Å². The normalized spacial score (nSPS) is 18.5. The molecule has 9 heteroatoms. The fourth-order valence-electron chi connectivity index (χ4n) is 5.79. The average molecular weight is 577 g/mol. The van der Waals surface area contributed by atoms with Crippen molar-refractivity contribution in [3.63, 3.8) is 0 Å². The highest BCUT2D eigenvalue weighted by molar-refractivity contribution is 6.00. The lowest BCUT2D eigenvalue weighted by molar-refractivity contribution is -0.129. The van der Waals surface area contributed by atoms with Crippen LogP contribution in [0.4, 0.5) is 10.1 Å². The predicted molar refractivity (Wildman–Crippen MR) is 158 cm³/mol. The number of nitrogens with zero attached hydrogens (tertiary/aromatic N) is 3. The number of ether oxygens (including phenoxy) is 1. The van der Waals surface area contributed by atoms with Crippen molar-refractivity contribution in [1.29, 1.82) is 10.5 Å². The average Bonchev–Trinajstić information content (AvgIpc) is 3.02. The van der Waals surface area contributed by atoms with Gasteiger partial charge in [0.1, 0.15) is 11.9 Å². The maximum absolute atomic E-state index is 15.2. The summed E-state index contributed by atoms with van der Waals surface area (Å²) in [5, 5.41) is 21.9. The highest BCUT2D eigenvalue weighted by Crippen LogP contribution is 2.38. The second-order valence-electron chi connectivity index (χ2n) is 10.7. The number of methoxy groups -OCH3 is 1. The van der Waals surface area contributed by atoms with Gasteiger partial charge in [-0.25, -0.2) is 9.18 Å². The monoisotopic (exact) mass is 576 g/mol. The molecule has 1 N–H and O–H groups in total. The van der Waals surface area contributed by atoms with Gasteiger partial charge in [0.05, 0.1) is 35.9 Å². The Morgan fingerprint density at radius 1 is 1.05 bits per heavy atom. The molecule has 3 aromatic carbocycles. The van der Waals surface area contributed by atoms with Gasteiger partial charge in [0.15, 0.2) is 0 Å². The van der Waals surface area contributed by atoms with Crippen LogP contribution in [0.15, 0.2) is 60.7 Å². The number of benzene rings is 3. The lowest BCUT2D eigenvalue weighted by Gasteiger charge is -2.35. The number of nitriles is 2. The van der Waals surface area contributed by atoms with Crippen LogP contribution in [0.1, 0.15) is 71.3 Å². The van der Waals surface area contributed by atoms with Crippen molar-refractivity contribution in [2.24, 2.45) is 5.92 Å². The molecule has 0 saturated carbocycles. The molecule has 2 bridgehead atoms. The Morgan fingerprint density at radius 2 is 1.81 bits per heavy atom. The van der Waals surface area contributed by atoms with E-state index in [-0.39, 0.29) is 47.0 Å². The first-order valence-corrected chi connectivity index (χ1v) is 14.0. The molecule has 2 amide bonds. The number of fused-ring (bicyclic) bond motifs is 4. The molecule has 8 nitrogen and oxygen atoms in total. The summed E-state index contributed by atoms with van der Waals surface area (Å²) >= 11 is 0. The number of esters is 1. The summed E-state index contributed by atoms with van der Waals surface area (Å²) in [7, 11) is 1.31. The van der Waals surface area contributed by atoms with Crippen molar-refractivity contribution in [2.75, 3.05) is 19.0 Å². The zero-order chi connectivity index (χ0) is 30.7. The summed E-state index contributed by atoms with van der Waals surface area (Å²) < 4.78 is 20.1. The quantitative estimate of drug-likeness (QED) is 0.374. The third-order valence-corrected chi connectivity index (χ3v) is 8.13. The van der Waals surface area contributed by atoms with E-state index in [1.165, 1.54) is 25.3 Å². The van der Waals surface area contributed by atoms with E-state index in [0.29, 0.717) is 48.1 Å². The minimum absolute atomic E-state index is 0.00640. The Balaban J connectivity index is 1.56. The second kappa shape index (κ2) is 12.3. The van der Waals surface area contributed by atoms with Gasteiger partial charge in [-0.2, -0.15) is 10.5 Å². The standard InChI is InChI=1S/C34H29FN4O4/c1-20-5-3-8-29(39-14-13-23(17-30(39)40)31-25(18-36)9-10-26(19-37)32(31)35)22-7-4-6-21(15-22)27-16-24(34(42)43-2)11-12-28(27)38-33(20)41/h4,6-7,9-12,15-17,20,29H,3,5,8,13-14H2,1-2H3,(H,38,41)/t20-,29+/m1/s1. The third-order valence-electron chi connectivity index (χ3n) is 8.13. The molecular formula is C34H29FN4O4. The fourth-order valence-corrected chi connectivity index (χ4v) is 5.79. The third kappa shape index (κ3) is 5.75. The van der Waals surface area contributed by atoms with E-state index in [9.17, 15) is 24.9 Å². The van der Waals surface area contributed by atoms with Gasteiger partial charge in [-0.1, -0.05) is 31.5 Å². The van der Waals surface area contributed by atoms with Crippen LogP contribution in [0.2, 0.25) is 0 Å². The van der Waals surface area contributed by atoms with Crippen LogP contribution in [0, 0.1) is 34.4 Å². The molecule has 0 unspecified atom stereocenters. The van der Waals surface area contributed by atoms with Crippen molar-refractivity contribution < 1.29 is 23.5 Å². The molecule has 0 saturated heterocycles. The molecule has 2 aliphatic heterocycles. The molecule has 43 heavy (non-hydrogen) atoms. The maximum atomic E-state index is 15.2. The van der Waals surface area contributed by atoms with Crippen LogP contribution >= 0.6 is 0 Å². The van der Waals surface area contributed by atoms with Crippen LogP contribution in [0.5, 0.6) is 0 Å². The number of carbonyl (C=O) groups excluding carboxylic acids is 3. The number of anilines is 1. The van der Waals surface area contributed by atoms with Crippen molar-refractivity contribution >= 4 is 29.0 Å². The van der Waals surface area contributed by atoms with Gasteiger partial charge in [-0.15, -0.1) is 0 Å². The number of rotatable bonds is 3. The summed E-state index contributed by atoms with van der Waals surface area (Å²) in [5.74, 6) is -2.06. The SMILES string of the molecule is COC(=O)c1ccc2c(c1)-c1cccc(c1)[C@@H](N1CCC(c3c(C#N)ccc(C#N)c3F)=CC1=O)CCC[C@@H](C)C(=O)N2. The molecule has 0 aromatic heterocycles. The number of hydrogen-bond acceptors (Lipinski definition) is 6. The van der Waals surface area contributed by atoms with E-state index < -0.39 is 11.8 Å². The van der Waals surface area contributed by atoms with E-state index in [4.69, 9.17) is 4.74 Å². The van der Waals surface area contributed by atoms with E-state index in [1.807, 2.05) is 37.3 Å². The Morgan fingerprint density at radius 3 is 2.53 bits per heavy atom. The molecule has 0 fully saturated rings. The molecule has 3 aromatic rings. The predicted octanol–water partition coefficient (Wildman–Crippen LogP) is 6.14. The molecule has 2 heterocycles. The van der Waals surface area contributed by atoms with Gasteiger partial charge < -0.3 is 15.0 Å². The maximum Gasteiger partial charge on any atom is 0.337 e. The highest BCUT2D eigenvalue weighted by atomic mass is 19.1. The van der Waals surface area contributed by atoms with Crippen molar-refractivity contribution in [3.8, 4) is 23.3 Å². The highest BCUT2D eigenvalue weighted by Gasteiger charge is 2.31. The summed E-state index contributed by atoms with van der Waals surface area (Å²) in [6, 6.07) is 18.7. The Bertz CT molecular complexity index is 1750. The van der Waals surface area contributed by atoms with Crippen LogP contribution < -0.4 is 5.32 Å². The summed E-state index contributed by atoms with van der Waals surface area (Å²) in [6.45, 7) is 2.13. The van der Waals surface area contributed by atoms with Crippen LogP contribution in [-0.2, 0) is 14.3 Å². The first kappa shape index (κ1) is 29.2. The first-order valence-electron chi connectivity index (χ1n) is 14.0. The van der Waals surface area contributed by atoms with Crippen LogP contribution in [0.25, 0.3) is 16.7 Å². The summed E-state index contributed by atoms with van der Waals surface area (Å²) in [4.78, 5) is 40.8. The topological polar surface area (TPSA) is 123 Å². The van der Waals surface area contributed by atoms with E-state index >= 15 is 4.39 Å². The zero-order valence-electron chi connectivity index (χ0n) is 23.8.